The first-order valence-corrected chi connectivity index (χ1v) is 7.69. The van der Waals surface area contributed by atoms with Crippen LogP contribution < -0.4 is 5.32 Å². The molecule has 0 amide bonds. The lowest BCUT2D eigenvalue weighted by Gasteiger charge is -2.24. The van der Waals surface area contributed by atoms with Crippen LogP contribution >= 0.6 is 0 Å². The van der Waals surface area contributed by atoms with E-state index < -0.39 is 0 Å². The van der Waals surface area contributed by atoms with Gasteiger partial charge >= 0.3 is 0 Å². The molecule has 0 heterocycles. The molecule has 20 heavy (non-hydrogen) atoms. The van der Waals surface area contributed by atoms with Crippen molar-refractivity contribution < 1.29 is 4.74 Å². The SMILES string of the molecule is CCC(C)(C)OCc1ccccc1CCNC(C)(C)C. The number of benzene rings is 1. The molecule has 0 atom stereocenters. The van der Waals surface area contributed by atoms with Gasteiger partial charge in [-0.05, 0) is 65.1 Å². The van der Waals surface area contributed by atoms with Crippen LogP contribution in [0.15, 0.2) is 24.3 Å². The molecule has 2 nitrogen and oxygen atoms in total. The van der Waals surface area contributed by atoms with E-state index in [4.69, 9.17) is 4.74 Å². The summed E-state index contributed by atoms with van der Waals surface area (Å²) in [5.74, 6) is 0. The van der Waals surface area contributed by atoms with Crippen molar-refractivity contribution in [2.45, 2.75) is 72.1 Å². The van der Waals surface area contributed by atoms with E-state index >= 15 is 0 Å². The molecule has 0 saturated carbocycles. The van der Waals surface area contributed by atoms with Gasteiger partial charge < -0.3 is 10.1 Å². The van der Waals surface area contributed by atoms with E-state index in [1.54, 1.807) is 0 Å². The predicted octanol–water partition coefficient (Wildman–Crippen LogP) is 4.32. The van der Waals surface area contributed by atoms with E-state index in [0.29, 0.717) is 6.61 Å². The van der Waals surface area contributed by atoms with Crippen LogP contribution in [0.1, 0.15) is 59.1 Å². The second-order valence-corrected chi connectivity index (χ2v) is 7.10. The van der Waals surface area contributed by atoms with Crippen LogP contribution in [-0.2, 0) is 17.8 Å². The molecule has 0 spiro atoms. The lowest BCUT2D eigenvalue weighted by atomic mass is 10.0. The van der Waals surface area contributed by atoms with Crippen molar-refractivity contribution in [3.63, 3.8) is 0 Å². The summed E-state index contributed by atoms with van der Waals surface area (Å²) in [4.78, 5) is 0. The van der Waals surface area contributed by atoms with Gasteiger partial charge in [0.15, 0.2) is 0 Å². The second kappa shape index (κ2) is 7.24. The Bertz CT molecular complexity index is 404. The molecule has 114 valence electrons. The van der Waals surface area contributed by atoms with Crippen molar-refractivity contribution in [1.82, 2.24) is 5.32 Å². The van der Waals surface area contributed by atoms with Crippen LogP contribution in [0.3, 0.4) is 0 Å². The molecule has 1 aromatic carbocycles. The Morgan fingerprint density at radius 3 is 2.15 bits per heavy atom. The average molecular weight is 277 g/mol. The zero-order valence-electron chi connectivity index (χ0n) is 14.0. The van der Waals surface area contributed by atoms with Gasteiger partial charge in [0.1, 0.15) is 0 Å². The van der Waals surface area contributed by atoms with Gasteiger partial charge in [-0.25, -0.2) is 0 Å². The van der Waals surface area contributed by atoms with E-state index in [-0.39, 0.29) is 11.1 Å². The molecule has 0 aliphatic carbocycles. The van der Waals surface area contributed by atoms with Crippen molar-refractivity contribution in [2.75, 3.05) is 6.54 Å². The zero-order valence-corrected chi connectivity index (χ0v) is 14.0. The monoisotopic (exact) mass is 277 g/mol. The van der Waals surface area contributed by atoms with E-state index in [1.807, 2.05) is 0 Å². The summed E-state index contributed by atoms with van der Waals surface area (Å²) in [6.07, 6.45) is 2.07. The Balaban J connectivity index is 2.59. The summed E-state index contributed by atoms with van der Waals surface area (Å²) in [6, 6.07) is 8.60. The normalized spacial score (nSPS) is 12.7. The fourth-order valence-electron chi connectivity index (χ4n) is 1.89. The van der Waals surface area contributed by atoms with Crippen LogP contribution in [0.4, 0.5) is 0 Å². The maximum absolute atomic E-state index is 6.03. The van der Waals surface area contributed by atoms with Crippen molar-refractivity contribution in [1.29, 1.82) is 0 Å². The maximum Gasteiger partial charge on any atom is 0.0726 e. The van der Waals surface area contributed by atoms with Crippen LogP contribution in [0.5, 0.6) is 0 Å². The summed E-state index contributed by atoms with van der Waals surface area (Å²) in [5, 5.41) is 3.54. The fraction of sp³-hybridized carbons (Fsp3) is 0.667. The molecule has 1 rings (SSSR count). The molecule has 0 saturated heterocycles. The van der Waals surface area contributed by atoms with Crippen LogP contribution in [0, 0.1) is 0 Å². The number of nitrogens with one attached hydrogen (secondary N) is 1. The molecule has 1 aromatic rings. The first-order chi connectivity index (χ1) is 9.23. The molecule has 0 aliphatic rings. The highest BCUT2D eigenvalue weighted by Crippen LogP contribution is 2.18. The highest BCUT2D eigenvalue weighted by atomic mass is 16.5. The minimum atomic E-state index is -0.0449. The van der Waals surface area contributed by atoms with Crippen LogP contribution in [0.25, 0.3) is 0 Å². The topological polar surface area (TPSA) is 21.3 Å². The van der Waals surface area contributed by atoms with Gasteiger partial charge in [-0.3, -0.25) is 0 Å². The Labute approximate surface area is 124 Å². The zero-order chi connectivity index (χ0) is 15.2. The third kappa shape index (κ3) is 6.53. The second-order valence-electron chi connectivity index (χ2n) is 7.10. The highest BCUT2D eigenvalue weighted by molar-refractivity contribution is 5.26. The standard InChI is InChI=1S/C18H31NO/c1-7-18(5,6)20-14-16-11-9-8-10-15(16)12-13-19-17(2,3)4/h8-11,19H,7,12-14H2,1-6H3. The van der Waals surface area contributed by atoms with Gasteiger partial charge in [-0.15, -0.1) is 0 Å². The lowest BCUT2D eigenvalue weighted by Crippen LogP contribution is -2.37. The van der Waals surface area contributed by atoms with Crippen LogP contribution in [0.2, 0.25) is 0 Å². The number of ether oxygens (including phenoxy) is 1. The van der Waals surface area contributed by atoms with E-state index in [9.17, 15) is 0 Å². The molecule has 0 fully saturated rings. The predicted molar refractivity (Wildman–Crippen MR) is 87.1 cm³/mol. The van der Waals surface area contributed by atoms with Gasteiger partial charge in [0.2, 0.25) is 0 Å². The van der Waals surface area contributed by atoms with E-state index in [1.165, 1.54) is 11.1 Å². The van der Waals surface area contributed by atoms with Gasteiger partial charge in [0.05, 0.1) is 12.2 Å². The summed E-state index contributed by atoms with van der Waals surface area (Å²) >= 11 is 0. The first kappa shape index (κ1) is 17.2. The third-order valence-electron chi connectivity index (χ3n) is 3.64. The molecule has 1 N–H and O–H groups in total. The molecule has 0 unspecified atom stereocenters. The third-order valence-corrected chi connectivity index (χ3v) is 3.64. The number of hydrogen-bond donors (Lipinski definition) is 1. The minimum absolute atomic E-state index is 0.0449. The summed E-state index contributed by atoms with van der Waals surface area (Å²) in [5.41, 5.74) is 2.83. The average Bonchev–Trinajstić information content (AvgIpc) is 2.36. The minimum Gasteiger partial charge on any atom is -0.371 e. The van der Waals surface area contributed by atoms with Gasteiger partial charge in [0, 0.05) is 5.54 Å². The molecule has 0 radical (unpaired) electrons. The van der Waals surface area contributed by atoms with Crippen molar-refractivity contribution >= 4 is 0 Å². The molecular weight excluding hydrogens is 246 g/mol. The van der Waals surface area contributed by atoms with Gasteiger partial charge in [-0.1, -0.05) is 31.2 Å². The Morgan fingerprint density at radius 2 is 1.60 bits per heavy atom. The summed E-state index contributed by atoms with van der Waals surface area (Å²) in [6.45, 7) is 14.8. The maximum atomic E-state index is 6.03. The Kier molecular flexibility index (Phi) is 6.22. The highest BCUT2D eigenvalue weighted by Gasteiger charge is 2.16. The Hall–Kier alpha value is -0.860. The molecule has 0 bridgehead atoms. The quantitative estimate of drug-likeness (QED) is 0.801. The summed E-state index contributed by atoms with van der Waals surface area (Å²) in [7, 11) is 0. The van der Waals surface area contributed by atoms with Crippen LogP contribution in [-0.4, -0.2) is 17.7 Å². The van der Waals surface area contributed by atoms with Crippen molar-refractivity contribution in [2.24, 2.45) is 0 Å². The molecule has 2 heteroatoms. The lowest BCUT2D eigenvalue weighted by molar-refractivity contribution is -0.0318. The van der Waals surface area contributed by atoms with Gasteiger partial charge in [-0.2, -0.15) is 0 Å². The number of hydrogen-bond acceptors (Lipinski definition) is 2. The summed E-state index contributed by atoms with van der Waals surface area (Å²) < 4.78 is 6.03. The van der Waals surface area contributed by atoms with Crippen molar-refractivity contribution in [3.8, 4) is 0 Å². The van der Waals surface area contributed by atoms with Gasteiger partial charge in [0.25, 0.3) is 0 Å². The largest absolute Gasteiger partial charge is 0.371 e. The fourth-order valence-corrected chi connectivity index (χ4v) is 1.89. The Morgan fingerprint density at radius 1 is 1.00 bits per heavy atom. The van der Waals surface area contributed by atoms with Crippen molar-refractivity contribution in [3.05, 3.63) is 35.4 Å². The molecular formula is C18H31NO. The van der Waals surface area contributed by atoms with E-state index in [0.717, 1.165) is 19.4 Å². The first-order valence-electron chi connectivity index (χ1n) is 7.69. The van der Waals surface area contributed by atoms with E-state index in [2.05, 4.69) is 71.1 Å². The smallest absolute Gasteiger partial charge is 0.0726 e. The molecule has 0 aliphatic heterocycles. The molecule has 0 aromatic heterocycles. The number of rotatable bonds is 7.